The van der Waals surface area contributed by atoms with Gasteiger partial charge < -0.3 is 19.5 Å². The van der Waals surface area contributed by atoms with Crippen LogP contribution in [0.3, 0.4) is 0 Å². The van der Waals surface area contributed by atoms with Gasteiger partial charge in [0.2, 0.25) is 0 Å². The average Bonchev–Trinajstić information content (AvgIpc) is 2.85. The van der Waals surface area contributed by atoms with Crippen LogP contribution < -0.4 is 4.74 Å². The van der Waals surface area contributed by atoms with Gasteiger partial charge in [0.05, 0.1) is 17.7 Å². The lowest BCUT2D eigenvalue weighted by Gasteiger charge is -2.29. The molecule has 1 atom stereocenters. The molecule has 1 aromatic carbocycles. The Morgan fingerprint density at radius 1 is 1.29 bits per heavy atom. The number of nitrogens with zero attached hydrogens (tertiary/aromatic N) is 1. The highest BCUT2D eigenvalue weighted by Gasteiger charge is 2.45. The molecule has 154 valence electrons. The summed E-state index contributed by atoms with van der Waals surface area (Å²) in [5.74, 6) is -0.570. The lowest BCUT2D eigenvalue weighted by Crippen LogP contribution is -2.34. The molecule has 0 aromatic heterocycles. The molecule has 1 aliphatic heterocycles. The number of ether oxygens (including phenoxy) is 2. The highest BCUT2D eigenvalue weighted by molar-refractivity contribution is 6.10. The second-order valence-electron chi connectivity index (χ2n) is 8.33. The third kappa shape index (κ3) is 4.73. The van der Waals surface area contributed by atoms with Crippen molar-refractivity contribution in [3.63, 3.8) is 0 Å². The number of benzene rings is 1. The van der Waals surface area contributed by atoms with Crippen LogP contribution in [-0.2, 0) is 14.3 Å². The summed E-state index contributed by atoms with van der Waals surface area (Å²) in [5.41, 5.74) is 0.161. The molecular weight excluding hydrogens is 358 g/mol. The molecule has 0 bridgehead atoms. The van der Waals surface area contributed by atoms with Gasteiger partial charge >= 0.3 is 0 Å². The van der Waals surface area contributed by atoms with Crippen molar-refractivity contribution in [3.05, 3.63) is 41.2 Å². The van der Waals surface area contributed by atoms with Crippen LogP contribution in [0.2, 0.25) is 0 Å². The van der Waals surface area contributed by atoms with E-state index in [1.165, 1.54) is 0 Å². The fraction of sp³-hybridized carbons (Fsp3) is 0.545. The van der Waals surface area contributed by atoms with Gasteiger partial charge in [0.1, 0.15) is 5.75 Å². The predicted molar refractivity (Wildman–Crippen MR) is 107 cm³/mol. The highest BCUT2D eigenvalue weighted by Crippen LogP contribution is 2.41. The molecule has 0 saturated heterocycles. The fourth-order valence-electron chi connectivity index (χ4n) is 3.28. The predicted octanol–water partition coefficient (Wildman–Crippen LogP) is 3.82. The summed E-state index contributed by atoms with van der Waals surface area (Å²) in [6, 6.07) is 6.70. The average molecular weight is 389 g/mol. The molecule has 0 fully saturated rings. The smallest absolute Gasteiger partial charge is 0.290 e. The van der Waals surface area contributed by atoms with Crippen molar-refractivity contribution in [1.29, 1.82) is 0 Å². The second kappa shape index (κ2) is 8.78. The van der Waals surface area contributed by atoms with Crippen LogP contribution in [0, 0.1) is 5.41 Å². The van der Waals surface area contributed by atoms with Gasteiger partial charge in [-0.05, 0) is 38.0 Å². The van der Waals surface area contributed by atoms with E-state index in [9.17, 15) is 14.7 Å². The van der Waals surface area contributed by atoms with E-state index in [2.05, 4.69) is 0 Å². The maximum absolute atomic E-state index is 13.1. The Hall–Kier alpha value is -2.34. The van der Waals surface area contributed by atoms with E-state index in [1.54, 1.807) is 32.8 Å². The monoisotopic (exact) mass is 389 g/mol. The van der Waals surface area contributed by atoms with Crippen LogP contribution in [-0.4, -0.2) is 48.1 Å². The quantitative estimate of drug-likeness (QED) is 0.684. The second-order valence-corrected chi connectivity index (χ2v) is 8.33. The molecule has 0 spiro atoms. The molecule has 1 aliphatic rings. The van der Waals surface area contributed by atoms with Gasteiger partial charge in [-0.2, -0.15) is 0 Å². The molecule has 1 unspecified atom stereocenters. The molecule has 0 radical (unpaired) electrons. The van der Waals surface area contributed by atoms with Crippen molar-refractivity contribution >= 4 is 11.7 Å². The number of carbonyl (C=O) groups is 2. The zero-order chi connectivity index (χ0) is 21.1. The van der Waals surface area contributed by atoms with Crippen molar-refractivity contribution in [2.75, 3.05) is 20.3 Å². The van der Waals surface area contributed by atoms with Gasteiger partial charge in [0, 0.05) is 25.7 Å². The Balaban J connectivity index is 2.51. The summed E-state index contributed by atoms with van der Waals surface area (Å²) in [6.45, 7) is 10.1. The summed E-state index contributed by atoms with van der Waals surface area (Å²) >= 11 is 0. The molecule has 2 rings (SSSR count). The molecule has 1 amide bonds. The third-order valence-corrected chi connectivity index (χ3v) is 4.52. The van der Waals surface area contributed by atoms with E-state index in [1.807, 2.05) is 38.1 Å². The Morgan fingerprint density at radius 2 is 1.96 bits per heavy atom. The first-order valence-corrected chi connectivity index (χ1v) is 9.62. The Kier molecular flexibility index (Phi) is 6.88. The van der Waals surface area contributed by atoms with E-state index in [0.29, 0.717) is 25.3 Å². The third-order valence-electron chi connectivity index (χ3n) is 4.52. The standard InChI is InChI=1S/C22H31NO5/c1-14(2)28-16-10-7-9-15(13-16)18-17(20(25)22(3,4)5)19(24)21(26)23(18)11-8-12-27-6/h7,9-10,13-14,18,24H,8,11-12H2,1-6H3. The van der Waals surface area contributed by atoms with Gasteiger partial charge in [-0.15, -0.1) is 0 Å². The lowest BCUT2D eigenvalue weighted by atomic mass is 9.82. The van der Waals surface area contributed by atoms with Crippen molar-refractivity contribution < 1.29 is 24.2 Å². The summed E-state index contributed by atoms with van der Waals surface area (Å²) in [4.78, 5) is 27.4. The highest BCUT2D eigenvalue weighted by atomic mass is 16.5. The van der Waals surface area contributed by atoms with Crippen LogP contribution in [0.5, 0.6) is 5.75 Å². The first-order chi connectivity index (χ1) is 13.1. The molecule has 1 heterocycles. The molecule has 0 aliphatic carbocycles. The normalized spacial score (nSPS) is 17.6. The van der Waals surface area contributed by atoms with Crippen LogP contribution >= 0.6 is 0 Å². The number of carbonyl (C=O) groups excluding carboxylic acids is 2. The number of hydrogen-bond acceptors (Lipinski definition) is 5. The van der Waals surface area contributed by atoms with Crippen LogP contribution in [0.1, 0.15) is 52.6 Å². The van der Waals surface area contributed by atoms with Crippen molar-refractivity contribution in [1.82, 2.24) is 4.90 Å². The molecule has 6 heteroatoms. The number of methoxy groups -OCH3 is 1. The number of hydrogen-bond donors (Lipinski definition) is 1. The van der Waals surface area contributed by atoms with Crippen molar-refractivity contribution in [2.45, 2.75) is 53.2 Å². The Morgan fingerprint density at radius 3 is 2.54 bits per heavy atom. The molecule has 0 saturated carbocycles. The van der Waals surface area contributed by atoms with E-state index < -0.39 is 23.1 Å². The number of aliphatic hydroxyl groups excluding tert-OH is 1. The van der Waals surface area contributed by atoms with E-state index in [-0.39, 0.29) is 17.5 Å². The summed E-state index contributed by atoms with van der Waals surface area (Å²) < 4.78 is 10.9. The van der Waals surface area contributed by atoms with E-state index >= 15 is 0 Å². The fourth-order valence-corrected chi connectivity index (χ4v) is 3.28. The minimum Gasteiger partial charge on any atom is -0.503 e. The minimum absolute atomic E-state index is 0.00196. The summed E-state index contributed by atoms with van der Waals surface area (Å²) in [7, 11) is 1.60. The van der Waals surface area contributed by atoms with Gasteiger partial charge in [-0.1, -0.05) is 32.9 Å². The zero-order valence-electron chi connectivity index (χ0n) is 17.6. The van der Waals surface area contributed by atoms with E-state index in [4.69, 9.17) is 9.47 Å². The summed E-state index contributed by atoms with van der Waals surface area (Å²) in [5, 5.41) is 10.6. The van der Waals surface area contributed by atoms with Crippen LogP contribution in [0.15, 0.2) is 35.6 Å². The lowest BCUT2D eigenvalue weighted by molar-refractivity contribution is -0.129. The maximum atomic E-state index is 13.1. The molecule has 28 heavy (non-hydrogen) atoms. The SMILES string of the molecule is COCCCN1C(=O)C(O)=C(C(=O)C(C)(C)C)C1c1cccc(OC(C)C)c1. The van der Waals surface area contributed by atoms with Crippen LogP contribution in [0.25, 0.3) is 0 Å². The molecule has 6 nitrogen and oxygen atoms in total. The number of amides is 1. The molecular formula is C22H31NO5. The molecule has 1 aromatic rings. The Labute approximate surface area is 167 Å². The number of aliphatic hydroxyl groups is 1. The van der Waals surface area contributed by atoms with Crippen LogP contribution in [0.4, 0.5) is 0 Å². The number of Topliss-reactive ketones (excluding diaryl/α,β-unsaturated/α-hetero) is 1. The zero-order valence-corrected chi connectivity index (χ0v) is 17.6. The first-order valence-electron chi connectivity index (χ1n) is 9.62. The minimum atomic E-state index is -0.726. The summed E-state index contributed by atoms with van der Waals surface area (Å²) in [6.07, 6.45) is 0.600. The largest absolute Gasteiger partial charge is 0.503 e. The number of ketones is 1. The Bertz CT molecular complexity index is 760. The number of rotatable bonds is 8. The topological polar surface area (TPSA) is 76.1 Å². The first kappa shape index (κ1) is 22.0. The van der Waals surface area contributed by atoms with Crippen molar-refractivity contribution in [2.24, 2.45) is 5.41 Å². The van der Waals surface area contributed by atoms with Crippen molar-refractivity contribution in [3.8, 4) is 5.75 Å². The van der Waals surface area contributed by atoms with Gasteiger partial charge in [-0.25, -0.2) is 0 Å². The van der Waals surface area contributed by atoms with Gasteiger partial charge in [0.25, 0.3) is 5.91 Å². The van der Waals surface area contributed by atoms with E-state index in [0.717, 1.165) is 5.56 Å². The van der Waals surface area contributed by atoms with Gasteiger partial charge in [0.15, 0.2) is 11.5 Å². The van der Waals surface area contributed by atoms with Gasteiger partial charge in [-0.3, -0.25) is 9.59 Å². The molecule has 1 N–H and O–H groups in total. The maximum Gasteiger partial charge on any atom is 0.290 e.